The fourth-order valence-corrected chi connectivity index (χ4v) is 3.98. The molecule has 2 rings (SSSR count). The molecule has 29 heavy (non-hydrogen) atoms. The zero-order valence-corrected chi connectivity index (χ0v) is 20.4. The Bertz CT molecular complexity index is 728. The molecular weight excluding hydrogens is 424 g/mol. The first-order valence-electron chi connectivity index (χ1n) is 11.5. The van der Waals surface area contributed by atoms with Crippen molar-refractivity contribution in [3.8, 4) is 11.5 Å². The maximum Gasteiger partial charge on any atom is 0.122 e. The summed E-state index contributed by atoms with van der Waals surface area (Å²) in [5.74, 6) is 2.63. The van der Waals surface area contributed by atoms with E-state index in [1.807, 2.05) is 0 Å². The molecule has 0 spiro atoms. The highest BCUT2D eigenvalue weighted by atomic mass is 79.9. The molecule has 2 aromatic carbocycles. The lowest BCUT2D eigenvalue weighted by molar-refractivity contribution is 0.233. The van der Waals surface area contributed by atoms with Crippen LogP contribution < -0.4 is 9.47 Å². The molecule has 0 fully saturated rings. The van der Waals surface area contributed by atoms with E-state index in [4.69, 9.17) is 9.47 Å². The van der Waals surface area contributed by atoms with Gasteiger partial charge in [-0.3, -0.25) is 0 Å². The van der Waals surface area contributed by atoms with Crippen molar-refractivity contribution in [3.63, 3.8) is 0 Å². The van der Waals surface area contributed by atoms with E-state index in [1.54, 1.807) is 0 Å². The predicted octanol–water partition coefficient (Wildman–Crippen LogP) is 8.47. The molecule has 0 heterocycles. The van der Waals surface area contributed by atoms with Crippen molar-refractivity contribution in [3.05, 3.63) is 35.9 Å². The Labute approximate surface area is 186 Å². The second-order valence-electron chi connectivity index (χ2n) is 8.15. The molecule has 2 atom stereocenters. The van der Waals surface area contributed by atoms with Crippen LogP contribution in [0.4, 0.5) is 0 Å². The van der Waals surface area contributed by atoms with Gasteiger partial charge in [-0.15, -0.1) is 0 Å². The quantitative estimate of drug-likeness (QED) is 0.207. The van der Waals surface area contributed by atoms with Crippen LogP contribution in [0.1, 0.15) is 77.7 Å². The predicted molar refractivity (Wildman–Crippen MR) is 130 cm³/mol. The van der Waals surface area contributed by atoms with Crippen LogP contribution in [-0.2, 0) is 0 Å². The summed E-state index contributed by atoms with van der Waals surface area (Å²) in [6.45, 7) is 10.5. The van der Waals surface area contributed by atoms with Crippen LogP contribution in [0, 0.1) is 12.8 Å². The number of benzene rings is 2. The van der Waals surface area contributed by atoms with Gasteiger partial charge in [-0.2, -0.15) is 0 Å². The second-order valence-corrected chi connectivity index (χ2v) is 9.44. The van der Waals surface area contributed by atoms with Crippen LogP contribution >= 0.6 is 15.9 Å². The smallest absolute Gasteiger partial charge is 0.122 e. The van der Waals surface area contributed by atoms with Crippen LogP contribution in [-0.4, -0.2) is 18.0 Å². The molecule has 0 N–H and O–H groups in total. The van der Waals surface area contributed by atoms with Crippen molar-refractivity contribution in [2.75, 3.05) is 13.2 Å². The van der Waals surface area contributed by atoms with Crippen molar-refractivity contribution in [1.29, 1.82) is 0 Å². The van der Waals surface area contributed by atoms with Crippen molar-refractivity contribution in [2.24, 2.45) is 5.92 Å². The normalized spacial score (nSPS) is 13.4. The summed E-state index contributed by atoms with van der Waals surface area (Å²) >= 11 is 3.70. The lowest BCUT2D eigenvalue weighted by atomic mass is 10.0. The van der Waals surface area contributed by atoms with Crippen LogP contribution in [0.2, 0.25) is 0 Å². The number of hydrogen-bond acceptors (Lipinski definition) is 2. The average Bonchev–Trinajstić information content (AvgIpc) is 2.74. The van der Waals surface area contributed by atoms with Crippen molar-refractivity contribution in [2.45, 2.75) is 83.9 Å². The summed E-state index contributed by atoms with van der Waals surface area (Å²) in [7, 11) is 0. The van der Waals surface area contributed by atoms with E-state index in [1.165, 1.54) is 61.3 Å². The molecule has 0 bridgehead atoms. The number of fused-ring (bicyclic) bond motifs is 1. The summed E-state index contributed by atoms with van der Waals surface area (Å²) in [5, 5.41) is 2.47. The van der Waals surface area contributed by atoms with Crippen LogP contribution in [0.25, 0.3) is 10.8 Å². The minimum Gasteiger partial charge on any atom is -0.493 e. The highest BCUT2D eigenvalue weighted by molar-refractivity contribution is 9.09. The molecule has 162 valence electrons. The summed E-state index contributed by atoms with van der Waals surface area (Å²) in [6.07, 6.45) is 9.70. The molecule has 2 aromatic rings. The number of ether oxygens (including phenoxy) is 2. The third-order valence-electron chi connectivity index (χ3n) is 5.85. The van der Waals surface area contributed by atoms with Gasteiger partial charge >= 0.3 is 0 Å². The summed E-state index contributed by atoms with van der Waals surface area (Å²) < 4.78 is 12.2. The zero-order valence-electron chi connectivity index (χ0n) is 18.8. The summed E-state index contributed by atoms with van der Waals surface area (Å²) in [5.41, 5.74) is 1.22. The largest absolute Gasteiger partial charge is 0.493 e. The van der Waals surface area contributed by atoms with Gasteiger partial charge in [0.25, 0.3) is 0 Å². The highest BCUT2D eigenvalue weighted by Crippen LogP contribution is 2.30. The minimum atomic E-state index is 0.639. The molecule has 0 aliphatic carbocycles. The fraction of sp³-hybridized carbons (Fsp3) is 0.615. The molecule has 0 aliphatic rings. The van der Waals surface area contributed by atoms with Gasteiger partial charge in [-0.05, 0) is 79.5 Å². The maximum atomic E-state index is 6.12. The number of aryl methyl sites for hydroxylation is 1. The van der Waals surface area contributed by atoms with E-state index in [9.17, 15) is 0 Å². The minimum absolute atomic E-state index is 0.639. The maximum absolute atomic E-state index is 6.12. The summed E-state index contributed by atoms with van der Waals surface area (Å²) in [6, 6.07) is 10.7. The molecule has 0 aromatic heterocycles. The molecule has 0 saturated heterocycles. The van der Waals surface area contributed by atoms with Gasteiger partial charge in [0.2, 0.25) is 0 Å². The van der Waals surface area contributed by atoms with Crippen molar-refractivity contribution < 1.29 is 9.47 Å². The van der Waals surface area contributed by atoms with Gasteiger partial charge in [0.15, 0.2) is 0 Å². The van der Waals surface area contributed by atoms with E-state index < -0.39 is 0 Å². The van der Waals surface area contributed by atoms with Crippen LogP contribution in [0.3, 0.4) is 0 Å². The first kappa shape index (κ1) is 24.1. The molecule has 0 amide bonds. The Morgan fingerprint density at radius 1 is 0.897 bits per heavy atom. The number of hydrogen-bond donors (Lipinski definition) is 0. The summed E-state index contributed by atoms with van der Waals surface area (Å²) in [4.78, 5) is 0.639. The number of halogens is 1. The number of rotatable bonds is 14. The molecule has 0 aliphatic heterocycles. The molecule has 2 unspecified atom stereocenters. The Kier molecular flexibility index (Phi) is 10.9. The van der Waals surface area contributed by atoms with Crippen LogP contribution in [0.5, 0.6) is 11.5 Å². The Morgan fingerprint density at radius 3 is 2.45 bits per heavy atom. The molecule has 0 radical (unpaired) electrons. The fourth-order valence-electron chi connectivity index (χ4n) is 3.66. The first-order chi connectivity index (χ1) is 14.1. The van der Waals surface area contributed by atoms with Crippen molar-refractivity contribution in [1.82, 2.24) is 0 Å². The van der Waals surface area contributed by atoms with Gasteiger partial charge < -0.3 is 9.47 Å². The molecule has 2 nitrogen and oxygen atoms in total. The average molecular weight is 464 g/mol. The monoisotopic (exact) mass is 462 g/mol. The van der Waals surface area contributed by atoms with Gasteiger partial charge in [0, 0.05) is 4.83 Å². The van der Waals surface area contributed by atoms with E-state index in [2.05, 4.69) is 74.0 Å². The van der Waals surface area contributed by atoms with E-state index >= 15 is 0 Å². The Hall–Kier alpha value is -1.22. The van der Waals surface area contributed by atoms with Crippen LogP contribution in [0.15, 0.2) is 30.3 Å². The topological polar surface area (TPSA) is 18.5 Å². The number of unbranched alkanes of at least 4 members (excludes halogenated alkanes) is 2. The molecule has 3 heteroatoms. The van der Waals surface area contributed by atoms with E-state index in [0.29, 0.717) is 10.7 Å². The SMILES string of the molecule is CCCCC(CC)COc1ccc2c(C)c(OCCCCC(Br)CC)ccc2c1. The zero-order chi connectivity index (χ0) is 21.1. The lowest BCUT2D eigenvalue weighted by Crippen LogP contribution is -2.11. The van der Waals surface area contributed by atoms with Gasteiger partial charge in [0.05, 0.1) is 13.2 Å². The third-order valence-corrected chi connectivity index (χ3v) is 6.96. The molecule has 0 saturated carbocycles. The third kappa shape index (κ3) is 7.85. The van der Waals surface area contributed by atoms with E-state index in [-0.39, 0.29) is 0 Å². The lowest BCUT2D eigenvalue weighted by Gasteiger charge is -2.16. The Morgan fingerprint density at radius 2 is 1.72 bits per heavy atom. The highest BCUT2D eigenvalue weighted by Gasteiger charge is 2.09. The van der Waals surface area contributed by atoms with E-state index in [0.717, 1.165) is 31.1 Å². The number of alkyl halides is 1. The second kappa shape index (κ2) is 13.2. The van der Waals surface area contributed by atoms with Gasteiger partial charge in [-0.25, -0.2) is 0 Å². The molecular formula is C26H39BrO2. The Balaban J connectivity index is 1.92. The standard InChI is InChI=1S/C26H39BrO2/c1-5-8-11-21(6-2)19-29-24-14-15-25-20(4)26(16-13-22(25)18-24)28-17-10-9-12-23(27)7-3/h13-16,18,21,23H,5-12,17,19H2,1-4H3. The van der Waals surface area contributed by atoms with Gasteiger partial charge in [-0.1, -0.05) is 68.1 Å². The van der Waals surface area contributed by atoms with Crippen molar-refractivity contribution >= 4 is 26.7 Å². The van der Waals surface area contributed by atoms with Gasteiger partial charge in [0.1, 0.15) is 11.5 Å². The first-order valence-corrected chi connectivity index (χ1v) is 12.4.